The van der Waals surface area contributed by atoms with Crippen LogP contribution in [0.3, 0.4) is 0 Å². The van der Waals surface area contributed by atoms with Crippen molar-refractivity contribution in [3.63, 3.8) is 0 Å². The molecule has 170 valence electrons. The smallest absolute Gasteiger partial charge is 0.254 e. The van der Waals surface area contributed by atoms with E-state index in [-0.39, 0.29) is 18.2 Å². The number of amides is 2. The normalized spacial score (nSPS) is 12.9. The number of hydrogen-bond acceptors (Lipinski definition) is 5. The first kappa shape index (κ1) is 21.5. The topological polar surface area (TPSA) is 84.5 Å². The van der Waals surface area contributed by atoms with Gasteiger partial charge in [-0.25, -0.2) is 0 Å². The standard InChI is InChI=1S/C26H26N2O4S/c1-15(2)16-8-9-21-20(11-16)17(14-32-21)12-23(29)28-26-24(19-6-3-7-22(19)33-26)25(30)27-13-18-5-4-10-31-18/h4-5,8-11,14-15H,3,6-7,12-13H2,1-2H3,(H,27,30)(H,28,29). The van der Waals surface area contributed by atoms with Crippen LogP contribution in [0.15, 0.2) is 51.7 Å². The number of nitrogens with one attached hydrogen (secondary N) is 2. The highest BCUT2D eigenvalue weighted by atomic mass is 32.1. The number of benzene rings is 1. The molecule has 0 spiro atoms. The van der Waals surface area contributed by atoms with Gasteiger partial charge in [0.25, 0.3) is 5.91 Å². The van der Waals surface area contributed by atoms with Crippen molar-refractivity contribution in [2.24, 2.45) is 0 Å². The quantitative estimate of drug-likeness (QED) is 0.363. The average Bonchev–Trinajstić information content (AvgIpc) is 3.57. The molecule has 0 radical (unpaired) electrons. The fourth-order valence-electron chi connectivity index (χ4n) is 4.34. The average molecular weight is 463 g/mol. The van der Waals surface area contributed by atoms with E-state index in [1.54, 1.807) is 18.6 Å². The van der Waals surface area contributed by atoms with Gasteiger partial charge in [-0.2, -0.15) is 0 Å². The predicted molar refractivity (Wildman–Crippen MR) is 129 cm³/mol. The van der Waals surface area contributed by atoms with Crippen LogP contribution in [0.2, 0.25) is 0 Å². The maximum Gasteiger partial charge on any atom is 0.254 e. The van der Waals surface area contributed by atoms with Crippen molar-refractivity contribution < 1.29 is 18.4 Å². The molecule has 1 aromatic carbocycles. The first-order valence-corrected chi connectivity index (χ1v) is 12.1. The van der Waals surface area contributed by atoms with Crippen molar-refractivity contribution in [3.05, 3.63) is 75.7 Å². The van der Waals surface area contributed by atoms with Crippen LogP contribution in [0, 0.1) is 0 Å². The van der Waals surface area contributed by atoms with E-state index in [1.165, 1.54) is 21.8 Å². The summed E-state index contributed by atoms with van der Waals surface area (Å²) in [5.41, 5.74) is 4.47. The summed E-state index contributed by atoms with van der Waals surface area (Å²) >= 11 is 1.51. The third-order valence-corrected chi connectivity index (χ3v) is 7.31. The zero-order chi connectivity index (χ0) is 22.9. The Morgan fingerprint density at radius 1 is 1.15 bits per heavy atom. The van der Waals surface area contributed by atoms with Crippen molar-refractivity contribution in [2.75, 3.05) is 5.32 Å². The van der Waals surface area contributed by atoms with Crippen LogP contribution in [0.25, 0.3) is 11.0 Å². The summed E-state index contributed by atoms with van der Waals surface area (Å²) in [5.74, 6) is 0.735. The van der Waals surface area contributed by atoms with E-state index in [9.17, 15) is 9.59 Å². The third-order valence-electron chi connectivity index (χ3n) is 6.10. The summed E-state index contributed by atoms with van der Waals surface area (Å²) < 4.78 is 11.0. The Balaban J connectivity index is 1.35. The Kier molecular flexibility index (Phi) is 5.81. The highest BCUT2D eigenvalue weighted by molar-refractivity contribution is 7.17. The molecule has 0 atom stereocenters. The number of thiophene rings is 1. The molecular weight excluding hydrogens is 436 g/mol. The minimum atomic E-state index is -0.184. The molecule has 2 N–H and O–H groups in total. The van der Waals surface area contributed by atoms with Gasteiger partial charge in [0.05, 0.1) is 31.1 Å². The first-order chi connectivity index (χ1) is 16.0. The maximum atomic E-state index is 13.0. The Labute approximate surface area is 196 Å². The number of furan rings is 2. The molecule has 3 aromatic heterocycles. The van der Waals surface area contributed by atoms with Gasteiger partial charge in [-0.05, 0) is 60.6 Å². The van der Waals surface area contributed by atoms with Crippen LogP contribution >= 0.6 is 11.3 Å². The van der Waals surface area contributed by atoms with Crippen molar-refractivity contribution in [3.8, 4) is 0 Å². The number of aryl methyl sites for hydroxylation is 1. The van der Waals surface area contributed by atoms with Gasteiger partial charge in [0.1, 0.15) is 16.3 Å². The SMILES string of the molecule is CC(C)c1ccc2occ(CC(=O)Nc3sc4c(c3C(=O)NCc3ccco3)CCC4)c2c1. The molecule has 1 aliphatic rings. The van der Waals surface area contributed by atoms with E-state index in [0.29, 0.717) is 28.8 Å². The van der Waals surface area contributed by atoms with Gasteiger partial charge in [-0.1, -0.05) is 19.9 Å². The van der Waals surface area contributed by atoms with E-state index in [4.69, 9.17) is 8.83 Å². The molecule has 0 saturated heterocycles. The van der Waals surface area contributed by atoms with Crippen molar-refractivity contribution in [1.82, 2.24) is 5.32 Å². The largest absolute Gasteiger partial charge is 0.467 e. The molecule has 0 unspecified atom stereocenters. The lowest BCUT2D eigenvalue weighted by Crippen LogP contribution is -2.25. The van der Waals surface area contributed by atoms with Gasteiger partial charge in [0.15, 0.2) is 0 Å². The number of carbonyl (C=O) groups excluding carboxylic acids is 2. The summed E-state index contributed by atoms with van der Waals surface area (Å²) in [7, 11) is 0. The number of fused-ring (bicyclic) bond motifs is 2. The molecular formula is C26H26N2O4S. The van der Waals surface area contributed by atoms with Crippen molar-refractivity contribution in [2.45, 2.75) is 52.0 Å². The van der Waals surface area contributed by atoms with Gasteiger partial charge in [-0.3, -0.25) is 9.59 Å². The molecule has 0 saturated carbocycles. The lowest BCUT2D eigenvalue weighted by molar-refractivity contribution is -0.115. The maximum absolute atomic E-state index is 13.0. The Morgan fingerprint density at radius 2 is 2.03 bits per heavy atom. The van der Waals surface area contributed by atoms with E-state index >= 15 is 0 Å². The molecule has 0 aliphatic heterocycles. The van der Waals surface area contributed by atoms with Gasteiger partial charge < -0.3 is 19.5 Å². The van der Waals surface area contributed by atoms with E-state index in [0.717, 1.165) is 41.4 Å². The number of carbonyl (C=O) groups is 2. The summed E-state index contributed by atoms with van der Waals surface area (Å²) in [6.45, 7) is 4.59. The Morgan fingerprint density at radius 3 is 2.82 bits per heavy atom. The summed E-state index contributed by atoms with van der Waals surface area (Å²) in [6.07, 6.45) is 6.25. The van der Waals surface area contributed by atoms with Crippen LogP contribution in [0.1, 0.15) is 63.9 Å². The second kappa shape index (κ2) is 8.90. The molecule has 2 amide bonds. The van der Waals surface area contributed by atoms with Crippen molar-refractivity contribution in [1.29, 1.82) is 0 Å². The van der Waals surface area contributed by atoms with Gasteiger partial charge in [0.2, 0.25) is 5.91 Å². The lowest BCUT2D eigenvalue weighted by atomic mass is 10.00. The summed E-state index contributed by atoms with van der Waals surface area (Å²) in [5, 5.41) is 7.52. The third kappa shape index (κ3) is 4.33. The van der Waals surface area contributed by atoms with Crippen LogP contribution in [0.4, 0.5) is 5.00 Å². The highest BCUT2D eigenvalue weighted by Crippen LogP contribution is 2.39. The molecule has 3 heterocycles. The van der Waals surface area contributed by atoms with E-state index < -0.39 is 0 Å². The molecule has 6 nitrogen and oxygen atoms in total. The van der Waals surface area contributed by atoms with Crippen LogP contribution in [-0.2, 0) is 30.6 Å². The zero-order valence-corrected chi connectivity index (χ0v) is 19.5. The summed E-state index contributed by atoms with van der Waals surface area (Å²) in [4.78, 5) is 27.2. The molecule has 33 heavy (non-hydrogen) atoms. The fraction of sp³-hybridized carbons (Fsp3) is 0.308. The monoisotopic (exact) mass is 462 g/mol. The molecule has 5 rings (SSSR count). The molecule has 1 aliphatic carbocycles. The second-order valence-electron chi connectivity index (χ2n) is 8.72. The van der Waals surface area contributed by atoms with E-state index in [2.05, 4.69) is 36.6 Å². The first-order valence-electron chi connectivity index (χ1n) is 11.2. The number of rotatable bonds is 7. The van der Waals surface area contributed by atoms with Gasteiger partial charge in [0, 0.05) is 15.8 Å². The minimum absolute atomic E-state index is 0.160. The Hall–Kier alpha value is -3.32. The molecule has 0 fully saturated rings. The van der Waals surface area contributed by atoms with Crippen LogP contribution < -0.4 is 10.6 Å². The van der Waals surface area contributed by atoms with Crippen LogP contribution in [-0.4, -0.2) is 11.8 Å². The van der Waals surface area contributed by atoms with E-state index in [1.807, 2.05) is 12.1 Å². The van der Waals surface area contributed by atoms with Gasteiger partial charge >= 0.3 is 0 Å². The minimum Gasteiger partial charge on any atom is -0.467 e. The number of anilines is 1. The second-order valence-corrected chi connectivity index (χ2v) is 9.82. The fourth-order valence-corrected chi connectivity index (χ4v) is 5.64. The zero-order valence-electron chi connectivity index (χ0n) is 18.7. The molecule has 7 heteroatoms. The van der Waals surface area contributed by atoms with Crippen molar-refractivity contribution >= 4 is 39.1 Å². The number of hydrogen-bond donors (Lipinski definition) is 2. The predicted octanol–water partition coefficient (Wildman–Crippen LogP) is 5.81. The molecule has 4 aromatic rings. The highest BCUT2D eigenvalue weighted by Gasteiger charge is 2.27. The molecule has 0 bridgehead atoms. The van der Waals surface area contributed by atoms with Gasteiger partial charge in [-0.15, -0.1) is 11.3 Å². The van der Waals surface area contributed by atoms with Crippen LogP contribution in [0.5, 0.6) is 0 Å². The summed E-state index contributed by atoms with van der Waals surface area (Å²) in [6, 6.07) is 9.72. The Bertz CT molecular complexity index is 1310. The lowest BCUT2D eigenvalue weighted by Gasteiger charge is -2.09.